The molecule has 7 heteroatoms. The van der Waals surface area contributed by atoms with Crippen LogP contribution in [-0.4, -0.2) is 16.7 Å². The van der Waals surface area contributed by atoms with Crippen LogP contribution >= 0.6 is 11.3 Å². The summed E-state index contributed by atoms with van der Waals surface area (Å²) in [6, 6.07) is 18.6. The van der Waals surface area contributed by atoms with Crippen molar-refractivity contribution in [1.29, 1.82) is 0 Å². The minimum absolute atomic E-state index is 0.120. The summed E-state index contributed by atoms with van der Waals surface area (Å²) in [7, 11) is 0. The highest BCUT2D eigenvalue weighted by molar-refractivity contribution is 7.16. The molecule has 37 heavy (non-hydrogen) atoms. The number of carbonyl (C=O) groups excluding carboxylic acids is 1. The molecule has 186 valence electrons. The van der Waals surface area contributed by atoms with E-state index in [1.165, 1.54) is 10.9 Å². The Bertz CT molecular complexity index is 1600. The molecule has 0 saturated heterocycles. The number of benzene rings is 2. The smallest absolute Gasteiger partial charge is 0.255 e. The number of hydrogen-bond donors (Lipinski definition) is 1. The molecule has 1 N–H and O–H groups in total. The van der Waals surface area contributed by atoms with E-state index in [-0.39, 0.29) is 11.7 Å². The maximum Gasteiger partial charge on any atom is 0.255 e. The van der Waals surface area contributed by atoms with Crippen molar-refractivity contribution < 1.29 is 13.6 Å². The molecular weight excluding hydrogens is 485 g/mol. The van der Waals surface area contributed by atoms with Gasteiger partial charge in [0.1, 0.15) is 16.6 Å². The minimum atomic E-state index is -0.218. The molecule has 3 heterocycles. The summed E-state index contributed by atoms with van der Waals surface area (Å²) < 4.78 is 21.8. The van der Waals surface area contributed by atoms with Crippen LogP contribution in [0.4, 0.5) is 9.39 Å². The summed E-state index contributed by atoms with van der Waals surface area (Å²) >= 11 is 1.61. The van der Waals surface area contributed by atoms with E-state index in [0.29, 0.717) is 30.0 Å². The average molecular weight is 512 g/mol. The molecule has 1 aliphatic rings. The first-order valence-corrected chi connectivity index (χ1v) is 13.3. The number of rotatable bonds is 7. The van der Waals surface area contributed by atoms with Crippen LogP contribution in [0.2, 0.25) is 0 Å². The van der Waals surface area contributed by atoms with Gasteiger partial charge in [0.2, 0.25) is 0 Å². The van der Waals surface area contributed by atoms with E-state index in [1.807, 2.05) is 65.5 Å². The zero-order valence-corrected chi connectivity index (χ0v) is 21.1. The van der Waals surface area contributed by atoms with Gasteiger partial charge in [0.25, 0.3) is 5.91 Å². The minimum Gasteiger partial charge on any atom is -0.467 e. The van der Waals surface area contributed by atoms with E-state index in [9.17, 15) is 9.18 Å². The highest BCUT2D eigenvalue weighted by Crippen LogP contribution is 2.40. The van der Waals surface area contributed by atoms with Crippen molar-refractivity contribution in [3.63, 3.8) is 0 Å². The molecule has 2 aromatic carbocycles. The Morgan fingerprint density at radius 2 is 1.92 bits per heavy atom. The van der Waals surface area contributed by atoms with Crippen LogP contribution in [-0.2, 0) is 25.9 Å². The number of carbonyl (C=O) groups is 1. The highest BCUT2D eigenvalue weighted by atomic mass is 32.1. The van der Waals surface area contributed by atoms with Gasteiger partial charge in [0.05, 0.1) is 24.9 Å². The number of aryl methyl sites for hydroxylation is 1. The number of thiophene rings is 1. The number of para-hydroxylation sites is 1. The van der Waals surface area contributed by atoms with E-state index in [1.54, 1.807) is 23.7 Å². The molecule has 0 fully saturated rings. The number of halogens is 1. The van der Waals surface area contributed by atoms with Gasteiger partial charge in [0.15, 0.2) is 0 Å². The molecule has 6 rings (SSSR count). The number of furan rings is 1. The predicted octanol–water partition coefficient (Wildman–Crippen LogP) is 7.04. The summed E-state index contributed by atoms with van der Waals surface area (Å²) in [4.78, 5) is 19.4. The molecule has 0 radical (unpaired) electrons. The molecule has 0 atom stereocenters. The molecule has 0 bridgehead atoms. The number of aliphatic imine (C=N–C) groups is 1. The lowest BCUT2D eigenvalue weighted by Crippen LogP contribution is -2.23. The largest absolute Gasteiger partial charge is 0.467 e. The quantitative estimate of drug-likeness (QED) is 0.238. The summed E-state index contributed by atoms with van der Waals surface area (Å²) in [5.74, 6) is 0.375. The lowest BCUT2D eigenvalue weighted by Gasteiger charge is -2.12. The number of nitrogens with zero attached hydrogens (tertiary/aromatic N) is 2. The van der Waals surface area contributed by atoms with Crippen molar-refractivity contribution in [2.24, 2.45) is 4.99 Å². The van der Waals surface area contributed by atoms with Gasteiger partial charge in [-0.1, -0.05) is 36.4 Å². The zero-order valence-electron chi connectivity index (χ0n) is 20.2. The lowest BCUT2D eigenvalue weighted by atomic mass is 9.95. The molecule has 0 saturated carbocycles. The number of aromatic nitrogens is 1. The van der Waals surface area contributed by atoms with Crippen molar-refractivity contribution in [2.45, 2.75) is 38.8 Å². The van der Waals surface area contributed by atoms with Gasteiger partial charge in [-0.2, -0.15) is 0 Å². The summed E-state index contributed by atoms with van der Waals surface area (Å²) in [5, 5.41) is 4.77. The highest BCUT2D eigenvalue weighted by Gasteiger charge is 2.25. The Hall–Kier alpha value is -3.97. The summed E-state index contributed by atoms with van der Waals surface area (Å²) in [6.45, 7) is 0.762. The lowest BCUT2D eigenvalue weighted by molar-refractivity contribution is 0.0948. The van der Waals surface area contributed by atoms with E-state index in [2.05, 4.69) is 5.32 Å². The second-order valence-electron chi connectivity index (χ2n) is 9.23. The van der Waals surface area contributed by atoms with E-state index in [4.69, 9.17) is 9.41 Å². The molecule has 3 aromatic heterocycles. The Balaban J connectivity index is 1.34. The van der Waals surface area contributed by atoms with Gasteiger partial charge in [-0.05, 0) is 55.5 Å². The van der Waals surface area contributed by atoms with Gasteiger partial charge in [-0.3, -0.25) is 4.79 Å². The first-order valence-electron chi connectivity index (χ1n) is 12.5. The number of amides is 1. The van der Waals surface area contributed by atoms with Crippen LogP contribution in [0.1, 0.15) is 50.5 Å². The molecule has 5 nitrogen and oxygen atoms in total. The van der Waals surface area contributed by atoms with Crippen molar-refractivity contribution in [3.05, 3.63) is 112 Å². The SMILES string of the molecule is O=C(NCc1ccco1)c1c(/N=C/c2cn(Cc3ccccc3F)c3ccccc23)sc2c1CCCC2. The molecule has 1 aliphatic carbocycles. The molecule has 0 spiro atoms. The third-order valence-electron chi connectivity index (χ3n) is 6.82. The Labute approximate surface area is 218 Å². The molecule has 5 aromatic rings. The number of hydrogen-bond acceptors (Lipinski definition) is 4. The Morgan fingerprint density at radius 3 is 2.78 bits per heavy atom. The van der Waals surface area contributed by atoms with Gasteiger partial charge in [-0.25, -0.2) is 9.38 Å². The van der Waals surface area contributed by atoms with Crippen LogP contribution in [0, 0.1) is 5.82 Å². The van der Waals surface area contributed by atoms with Crippen molar-refractivity contribution >= 4 is 39.4 Å². The van der Waals surface area contributed by atoms with E-state index in [0.717, 1.165) is 52.7 Å². The molecule has 0 aliphatic heterocycles. The zero-order chi connectivity index (χ0) is 25.2. The third kappa shape index (κ3) is 4.74. The summed E-state index contributed by atoms with van der Waals surface area (Å²) in [5.41, 5.74) is 4.38. The number of fused-ring (bicyclic) bond motifs is 2. The topological polar surface area (TPSA) is 59.5 Å². The normalized spacial score (nSPS) is 13.3. The first kappa shape index (κ1) is 23.4. The van der Waals surface area contributed by atoms with Gasteiger partial charge in [0, 0.05) is 39.3 Å². The van der Waals surface area contributed by atoms with Gasteiger partial charge in [-0.15, -0.1) is 11.3 Å². The van der Waals surface area contributed by atoms with Gasteiger partial charge >= 0.3 is 0 Å². The summed E-state index contributed by atoms with van der Waals surface area (Å²) in [6.07, 6.45) is 9.53. The fraction of sp³-hybridized carbons (Fsp3) is 0.200. The van der Waals surface area contributed by atoms with Crippen LogP contribution in [0.25, 0.3) is 10.9 Å². The Kier molecular flexibility index (Phi) is 6.45. The van der Waals surface area contributed by atoms with Crippen molar-refractivity contribution in [1.82, 2.24) is 9.88 Å². The maximum absolute atomic E-state index is 14.4. The predicted molar refractivity (Wildman–Crippen MR) is 146 cm³/mol. The second kappa shape index (κ2) is 10.2. The van der Waals surface area contributed by atoms with Crippen LogP contribution in [0.3, 0.4) is 0 Å². The first-order chi connectivity index (χ1) is 18.2. The van der Waals surface area contributed by atoms with Crippen LogP contribution < -0.4 is 5.32 Å². The molecule has 0 unspecified atom stereocenters. The average Bonchev–Trinajstić information content (AvgIpc) is 3.65. The number of nitrogens with one attached hydrogen (secondary N) is 1. The molecule has 1 amide bonds. The van der Waals surface area contributed by atoms with Crippen molar-refractivity contribution in [3.8, 4) is 0 Å². The monoisotopic (exact) mass is 511 g/mol. The standard InChI is InChI=1S/C30H26FN3O2S/c31-25-12-4-1-8-20(25)18-34-19-21(23-10-2-5-13-26(23)34)16-33-30-28(24-11-3-6-14-27(24)37-30)29(35)32-17-22-9-7-15-36-22/h1-2,4-5,7-10,12-13,15-16,19H,3,6,11,14,17-18H2,(H,32,35)/b33-16+. The fourth-order valence-corrected chi connectivity index (χ4v) is 6.22. The van der Waals surface area contributed by atoms with Crippen molar-refractivity contribution in [2.75, 3.05) is 0 Å². The third-order valence-corrected chi connectivity index (χ3v) is 8.02. The second-order valence-corrected chi connectivity index (χ2v) is 10.3. The van der Waals surface area contributed by atoms with E-state index < -0.39 is 0 Å². The fourth-order valence-electron chi connectivity index (χ4n) is 4.99. The van der Waals surface area contributed by atoms with Gasteiger partial charge < -0.3 is 14.3 Å². The Morgan fingerprint density at radius 1 is 1.08 bits per heavy atom. The van der Waals surface area contributed by atoms with E-state index >= 15 is 0 Å². The molecular formula is C30H26FN3O2S. The van der Waals surface area contributed by atoms with Crippen LogP contribution in [0.5, 0.6) is 0 Å². The maximum atomic E-state index is 14.4. The van der Waals surface area contributed by atoms with Crippen LogP contribution in [0.15, 0.2) is 82.5 Å².